The summed E-state index contributed by atoms with van der Waals surface area (Å²) in [5.74, 6) is 1.61. The molecule has 4 heteroatoms. The molecular weight excluding hydrogens is 264 g/mol. The van der Waals surface area contributed by atoms with E-state index in [2.05, 4.69) is 19.2 Å². The van der Waals surface area contributed by atoms with E-state index in [4.69, 9.17) is 0 Å². The van der Waals surface area contributed by atoms with E-state index >= 15 is 0 Å². The molecule has 3 unspecified atom stereocenters. The molecule has 0 spiro atoms. The van der Waals surface area contributed by atoms with Gasteiger partial charge in [-0.1, -0.05) is 38.8 Å². The SMILES string of the molecule is CCCC(NCC1CCC(C)C1)c1cccc([N+](=O)[O-])c1. The molecule has 1 saturated carbocycles. The van der Waals surface area contributed by atoms with Crippen molar-refractivity contribution in [1.29, 1.82) is 0 Å². The zero-order valence-corrected chi connectivity index (χ0v) is 13.0. The topological polar surface area (TPSA) is 55.2 Å². The molecule has 1 aromatic carbocycles. The first-order valence-corrected chi connectivity index (χ1v) is 8.07. The van der Waals surface area contributed by atoms with Crippen molar-refractivity contribution in [1.82, 2.24) is 5.32 Å². The molecule has 1 N–H and O–H groups in total. The summed E-state index contributed by atoms with van der Waals surface area (Å²) in [6.07, 6.45) is 6.04. The quantitative estimate of drug-likeness (QED) is 0.595. The molecule has 21 heavy (non-hydrogen) atoms. The van der Waals surface area contributed by atoms with Gasteiger partial charge in [-0.2, -0.15) is 0 Å². The third-order valence-corrected chi connectivity index (χ3v) is 4.52. The molecule has 0 saturated heterocycles. The van der Waals surface area contributed by atoms with Crippen LogP contribution in [0.5, 0.6) is 0 Å². The second-order valence-corrected chi connectivity index (χ2v) is 6.39. The van der Waals surface area contributed by atoms with Crippen molar-refractivity contribution in [2.24, 2.45) is 11.8 Å². The molecule has 0 heterocycles. The van der Waals surface area contributed by atoms with Crippen LogP contribution in [-0.4, -0.2) is 11.5 Å². The Morgan fingerprint density at radius 1 is 1.43 bits per heavy atom. The number of hydrogen-bond acceptors (Lipinski definition) is 3. The van der Waals surface area contributed by atoms with Crippen LogP contribution in [0, 0.1) is 22.0 Å². The smallest absolute Gasteiger partial charge is 0.269 e. The third-order valence-electron chi connectivity index (χ3n) is 4.52. The fraction of sp³-hybridized carbons (Fsp3) is 0.647. The summed E-state index contributed by atoms with van der Waals surface area (Å²) in [6, 6.07) is 7.29. The first kappa shape index (κ1) is 16.0. The molecule has 3 atom stereocenters. The van der Waals surface area contributed by atoms with Crippen LogP contribution in [0.3, 0.4) is 0 Å². The fourth-order valence-electron chi connectivity index (χ4n) is 3.35. The Kier molecular flexibility index (Phi) is 5.74. The number of benzene rings is 1. The highest BCUT2D eigenvalue weighted by Gasteiger charge is 2.22. The minimum atomic E-state index is -0.314. The molecule has 2 rings (SSSR count). The number of non-ortho nitro benzene ring substituents is 1. The molecular formula is C17H26N2O2. The first-order chi connectivity index (χ1) is 10.1. The van der Waals surface area contributed by atoms with Crippen LogP contribution < -0.4 is 5.32 Å². The number of nitro groups is 1. The molecule has 1 aliphatic carbocycles. The summed E-state index contributed by atoms with van der Waals surface area (Å²) in [4.78, 5) is 10.6. The molecule has 4 nitrogen and oxygen atoms in total. The second kappa shape index (κ2) is 7.55. The van der Waals surface area contributed by atoms with E-state index in [9.17, 15) is 10.1 Å². The minimum absolute atomic E-state index is 0.185. The number of nitrogens with one attached hydrogen (secondary N) is 1. The van der Waals surface area contributed by atoms with Gasteiger partial charge in [0.1, 0.15) is 0 Å². The Hall–Kier alpha value is -1.42. The minimum Gasteiger partial charge on any atom is -0.310 e. The third kappa shape index (κ3) is 4.53. The molecule has 1 fully saturated rings. The predicted octanol–water partition coefficient (Wildman–Crippen LogP) is 4.46. The van der Waals surface area contributed by atoms with Gasteiger partial charge in [0, 0.05) is 18.2 Å². The number of rotatable bonds is 7. The van der Waals surface area contributed by atoms with Crippen LogP contribution in [-0.2, 0) is 0 Å². The van der Waals surface area contributed by atoms with Gasteiger partial charge in [0.25, 0.3) is 5.69 Å². The summed E-state index contributed by atoms with van der Waals surface area (Å²) in [5, 5.41) is 14.6. The molecule has 0 amide bonds. The summed E-state index contributed by atoms with van der Waals surface area (Å²) in [6.45, 7) is 5.51. The van der Waals surface area contributed by atoms with Crippen molar-refractivity contribution in [2.45, 2.75) is 52.0 Å². The van der Waals surface area contributed by atoms with Crippen LogP contribution in [0.25, 0.3) is 0 Å². The number of nitrogens with zero attached hydrogens (tertiary/aromatic N) is 1. The van der Waals surface area contributed by atoms with Crippen LogP contribution in [0.4, 0.5) is 5.69 Å². The average molecular weight is 290 g/mol. The van der Waals surface area contributed by atoms with Gasteiger partial charge in [-0.15, -0.1) is 0 Å². The van der Waals surface area contributed by atoms with E-state index in [0.29, 0.717) is 0 Å². The lowest BCUT2D eigenvalue weighted by atomic mass is 10.00. The molecule has 0 aromatic heterocycles. The van der Waals surface area contributed by atoms with Crippen molar-refractivity contribution in [3.8, 4) is 0 Å². The molecule has 1 aliphatic rings. The monoisotopic (exact) mass is 290 g/mol. The van der Waals surface area contributed by atoms with Crippen molar-refractivity contribution in [2.75, 3.05) is 6.54 Å². The Balaban J connectivity index is 2.00. The van der Waals surface area contributed by atoms with Gasteiger partial charge in [-0.25, -0.2) is 0 Å². The molecule has 116 valence electrons. The maximum Gasteiger partial charge on any atom is 0.269 e. The summed E-state index contributed by atoms with van der Waals surface area (Å²) in [7, 11) is 0. The van der Waals surface area contributed by atoms with Crippen LogP contribution in [0.15, 0.2) is 24.3 Å². The lowest BCUT2D eigenvalue weighted by Crippen LogP contribution is -2.26. The standard InChI is InChI=1S/C17H26N2O2/c1-3-5-17(18-12-14-9-8-13(2)10-14)15-6-4-7-16(11-15)19(20)21/h4,6-7,11,13-14,17-18H,3,5,8-10,12H2,1-2H3. The number of nitro benzene ring substituents is 1. The van der Waals surface area contributed by atoms with Crippen LogP contribution in [0.2, 0.25) is 0 Å². The van der Waals surface area contributed by atoms with Gasteiger partial charge in [0.05, 0.1) is 4.92 Å². The highest BCUT2D eigenvalue weighted by Crippen LogP contribution is 2.31. The zero-order valence-electron chi connectivity index (χ0n) is 13.0. The highest BCUT2D eigenvalue weighted by atomic mass is 16.6. The summed E-state index contributed by atoms with van der Waals surface area (Å²) in [5.41, 5.74) is 1.22. The maximum atomic E-state index is 10.9. The van der Waals surface area contributed by atoms with Crippen molar-refractivity contribution in [3.05, 3.63) is 39.9 Å². The molecule has 0 bridgehead atoms. The van der Waals surface area contributed by atoms with Crippen molar-refractivity contribution < 1.29 is 4.92 Å². The van der Waals surface area contributed by atoms with Gasteiger partial charge in [0.2, 0.25) is 0 Å². The van der Waals surface area contributed by atoms with E-state index in [1.165, 1.54) is 19.3 Å². The van der Waals surface area contributed by atoms with Gasteiger partial charge < -0.3 is 5.32 Å². The first-order valence-electron chi connectivity index (χ1n) is 8.07. The molecule has 1 aromatic rings. The lowest BCUT2D eigenvalue weighted by Gasteiger charge is -2.21. The van der Waals surface area contributed by atoms with Crippen molar-refractivity contribution in [3.63, 3.8) is 0 Å². The Bertz CT molecular complexity index is 476. The summed E-state index contributed by atoms with van der Waals surface area (Å²) >= 11 is 0. The molecule has 0 aliphatic heterocycles. The van der Waals surface area contributed by atoms with Gasteiger partial charge in [-0.3, -0.25) is 10.1 Å². The fourth-order valence-corrected chi connectivity index (χ4v) is 3.35. The van der Waals surface area contributed by atoms with Crippen LogP contribution >= 0.6 is 0 Å². The van der Waals surface area contributed by atoms with E-state index < -0.39 is 0 Å². The lowest BCUT2D eigenvalue weighted by molar-refractivity contribution is -0.384. The average Bonchev–Trinajstić information content (AvgIpc) is 2.89. The Morgan fingerprint density at radius 3 is 2.86 bits per heavy atom. The molecule has 0 radical (unpaired) electrons. The zero-order chi connectivity index (χ0) is 15.2. The summed E-state index contributed by atoms with van der Waals surface area (Å²) < 4.78 is 0. The van der Waals surface area contributed by atoms with Gasteiger partial charge >= 0.3 is 0 Å². The van der Waals surface area contributed by atoms with E-state index in [-0.39, 0.29) is 16.7 Å². The number of hydrogen-bond donors (Lipinski definition) is 1. The van der Waals surface area contributed by atoms with Crippen molar-refractivity contribution >= 4 is 5.69 Å². The van der Waals surface area contributed by atoms with E-state index in [1.807, 2.05) is 6.07 Å². The normalized spacial score (nSPS) is 23.1. The highest BCUT2D eigenvalue weighted by molar-refractivity contribution is 5.35. The Labute approximate surface area is 127 Å². The predicted molar refractivity (Wildman–Crippen MR) is 85.3 cm³/mol. The van der Waals surface area contributed by atoms with Gasteiger partial charge in [0.15, 0.2) is 0 Å². The Morgan fingerprint density at radius 2 is 2.24 bits per heavy atom. The maximum absolute atomic E-state index is 10.9. The van der Waals surface area contributed by atoms with E-state index in [0.717, 1.165) is 36.8 Å². The second-order valence-electron chi connectivity index (χ2n) is 6.39. The largest absolute Gasteiger partial charge is 0.310 e. The van der Waals surface area contributed by atoms with Crippen LogP contribution in [0.1, 0.15) is 57.6 Å². The van der Waals surface area contributed by atoms with Gasteiger partial charge in [-0.05, 0) is 43.2 Å². The van der Waals surface area contributed by atoms with E-state index in [1.54, 1.807) is 18.2 Å².